The van der Waals surface area contributed by atoms with E-state index in [0.29, 0.717) is 31.5 Å². The standard InChI is InChI=1S/C16H25ClN4O2/c1-3-4-5-14-18-13(15(17)19-14)8-21-6-11-9-23-10-12(7-21)20(2)16(11)22/h11-12H,3-10H2,1-2H3,(H,18,19)/t11-,12+/m1/s1. The van der Waals surface area contributed by atoms with Crippen LogP contribution in [0.2, 0.25) is 5.15 Å². The number of hydrogen-bond donors (Lipinski definition) is 1. The molecule has 7 heteroatoms. The first-order chi connectivity index (χ1) is 11.1. The minimum atomic E-state index is -0.0891. The average Bonchev–Trinajstić information content (AvgIpc) is 2.74. The highest BCUT2D eigenvalue weighted by Gasteiger charge is 2.37. The zero-order chi connectivity index (χ0) is 16.4. The molecule has 1 N–H and O–H groups in total. The van der Waals surface area contributed by atoms with Crippen molar-refractivity contribution in [1.82, 2.24) is 19.8 Å². The number of nitrogens with zero attached hydrogens (tertiary/aromatic N) is 3. The van der Waals surface area contributed by atoms with Gasteiger partial charge in [-0.05, 0) is 6.42 Å². The molecule has 3 rings (SSSR count). The summed E-state index contributed by atoms with van der Waals surface area (Å²) in [7, 11) is 1.88. The first-order valence-electron chi connectivity index (χ1n) is 8.38. The molecule has 2 saturated heterocycles. The Hall–Kier alpha value is -1.11. The van der Waals surface area contributed by atoms with Crippen LogP contribution in [-0.2, 0) is 22.5 Å². The van der Waals surface area contributed by atoms with Gasteiger partial charge in [-0.2, -0.15) is 0 Å². The van der Waals surface area contributed by atoms with Crippen LogP contribution < -0.4 is 0 Å². The van der Waals surface area contributed by atoms with Crippen molar-refractivity contribution < 1.29 is 9.53 Å². The molecule has 2 aliphatic heterocycles. The zero-order valence-corrected chi connectivity index (χ0v) is 14.6. The van der Waals surface area contributed by atoms with E-state index in [9.17, 15) is 4.79 Å². The third-order valence-electron chi connectivity index (χ3n) is 4.75. The molecule has 0 aliphatic carbocycles. The van der Waals surface area contributed by atoms with Crippen LogP contribution in [-0.4, -0.2) is 65.1 Å². The van der Waals surface area contributed by atoms with Crippen LogP contribution in [0.25, 0.3) is 0 Å². The largest absolute Gasteiger partial charge is 0.378 e. The Morgan fingerprint density at radius 1 is 1.39 bits per heavy atom. The van der Waals surface area contributed by atoms with E-state index >= 15 is 0 Å². The first-order valence-corrected chi connectivity index (χ1v) is 8.76. The number of H-pyrrole nitrogens is 1. The van der Waals surface area contributed by atoms with Crippen LogP contribution >= 0.6 is 11.6 Å². The molecule has 2 bridgehead atoms. The van der Waals surface area contributed by atoms with Crippen LogP contribution in [0.15, 0.2) is 0 Å². The Kier molecular flexibility index (Phi) is 5.24. The molecule has 23 heavy (non-hydrogen) atoms. The Balaban J connectivity index is 1.71. The van der Waals surface area contributed by atoms with Crippen molar-refractivity contribution in [3.63, 3.8) is 0 Å². The first kappa shape index (κ1) is 16.7. The molecule has 1 aromatic heterocycles. The van der Waals surface area contributed by atoms with E-state index in [1.807, 2.05) is 11.9 Å². The minimum absolute atomic E-state index is 0.0891. The van der Waals surface area contributed by atoms with Crippen molar-refractivity contribution in [3.8, 4) is 0 Å². The van der Waals surface area contributed by atoms with Crippen LogP contribution in [0, 0.1) is 5.92 Å². The van der Waals surface area contributed by atoms with Gasteiger partial charge in [-0.15, -0.1) is 0 Å². The van der Waals surface area contributed by atoms with Crippen molar-refractivity contribution in [2.45, 2.75) is 38.8 Å². The van der Waals surface area contributed by atoms with Crippen LogP contribution in [0.1, 0.15) is 31.3 Å². The summed E-state index contributed by atoms with van der Waals surface area (Å²) in [6, 6.07) is 0.108. The van der Waals surface area contributed by atoms with Gasteiger partial charge in [-0.3, -0.25) is 9.69 Å². The summed E-state index contributed by atoms with van der Waals surface area (Å²) in [5, 5.41) is 0.557. The van der Waals surface area contributed by atoms with Gasteiger partial charge in [0, 0.05) is 33.1 Å². The minimum Gasteiger partial charge on any atom is -0.378 e. The predicted molar refractivity (Wildman–Crippen MR) is 88.4 cm³/mol. The number of fused-ring (bicyclic) bond motifs is 3. The molecule has 1 amide bonds. The lowest BCUT2D eigenvalue weighted by Crippen LogP contribution is -2.42. The highest BCUT2D eigenvalue weighted by Crippen LogP contribution is 2.23. The molecule has 0 aromatic carbocycles. The van der Waals surface area contributed by atoms with E-state index in [-0.39, 0.29) is 17.9 Å². The average molecular weight is 341 g/mol. The number of imidazole rings is 1. The topological polar surface area (TPSA) is 61.5 Å². The van der Waals surface area contributed by atoms with Crippen molar-refractivity contribution in [1.29, 1.82) is 0 Å². The molecule has 2 aliphatic rings. The number of halogens is 1. The quantitative estimate of drug-likeness (QED) is 0.886. The second kappa shape index (κ2) is 7.20. The van der Waals surface area contributed by atoms with E-state index in [1.54, 1.807) is 0 Å². The molecule has 0 unspecified atom stereocenters. The number of rotatable bonds is 5. The van der Waals surface area contributed by atoms with Gasteiger partial charge in [0.05, 0.1) is 30.9 Å². The second-order valence-electron chi connectivity index (χ2n) is 6.59. The van der Waals surface area contributed by atoms with Gasteiger partial charge < -0.3 is 14.6 Å². The maximum Gasteiger partial charge on any atom is 0.229 e. The van der Waals surface area contributed by atoms with Crippen LogP contribution in [0.5, 0.6) is 0 Å². The van der Waals surface area contributed by atoms with E-state index < -0.39 is 0 Å². The number of unbranched alkanes of at least 4 members (excludes halogenated alkanes) is 1. The molecule has 2 atom stereocenters. The zero-order valence-electron chi connectivity index (χ0n) is 13.8. The Labute approximate surface area is 142 Å². The van der Waals surface area contributed by atoms with Crippen molar-refractivity contribution in [2.24, 2.45) is 5.92 Å². The predicted octanol–water partition coefficient (Wildman–Crippen LogP) is 1.69. The van der Waals surface area contributed by atoms with Crippen molar-refractivity contribution in [3.05, 3.63) is 16.7 Å². The van der Waals surface area contributed by atoms with E-state index in [2.05, 4.69) is 21.8 Å². The normalized spacial score (nSPS) is 25.7. The number of aryl methyl sites for hydroxylation is 1. The number of nitrogens with one attached hydrogen (secondary N) is 1. The molecular formula is C16H25ClN4O2. The fraction of sp³-hybridized carbons (Fsp3) is 0.750. The monoisotopic (exact) mass is 340 g/mol. The highest BCUT2D eigenvalue weighted by molar-refractivity contribution is 6.30. The molecule has 0 saturated carbocycles. The van der Waals surface area contributed by atoms with Gasteiger partial charge in [0.2, 0.25) is 5.91 Å². The Morgan fingerprint density at radius 2 is 2.22 bits per heavy atom. The summed E-state index contributed by atoms with van der Waals surface area (Å²) in [6.45, 7) is 5.49. The smallest absolute Gasteiger partial charge is 0.229 e. The molecule has 1 aromatic rings. The fourth-order valence-corrected chi connectivity index (χ4v) is 3.56. The molecular weight excluding hydrogens is 316 g/mol. The van der Waals surface area contributed by atoms with Gasteiger partial charge in [0.15, 0.2) is 5.15 Å². The number of aromatic amines is 1. The molecule has 6 nitrogen and oxygen atoms in total. The maximum atomic E-state index is 12.4. The summed E-state index contributed by atoms with van der Waals surface area (Å²) in [6.07, 6.45) is 3.17. The lowest BCUT2D eigenvalue weighted by molar-refractivity contribution is -0.133. The fourth-order valence-electron chi connectivity index (χ4n) is 3.35. The summed E-state index contributed by atoms with van der Waals surface area (Å²) < 4.78 is 5.64. The number of carbonyl (C=O) groups is 1. The molecule has 0 spiro atoms. The molecule has 3 heterocycles. The van der Waals surface area contributed by atoms with Gasteiger partial charge in [0.25, 0.3) is 0 Å². The van der Waals surface area contributed by atoms with E-state index in [4.69, 9.17) is 16.3 Å². The summed E-state index contributed by atoms with van der Waals surface area (Å²) in [5.74, 6) is 1.06. The number of aromatic nitrogens is 2. The molecule has 128 valence electrons. The maximum absolute atomic E-state index is 12.4. The van der Waals surface area contributed by atoms with Gasteiger partial charge in [-0.25, -0.2) is 4.98 Å². The number of likely N-dealkylation sites (N-methyl/N-ethyl adjacent to an activating group) is 1. The lowest BCUT2D eigenvalue weighted by Gasteiger charge is -2.28. The third-order valence-corrected chi connectivity index (χ3v) is 5.06. The number of hydrogen-bond acceptors (Lipinski definition) is 4. The van der Waals surface area contributed by atoms with E-state index in [1.165, 1.54) is 0 Å². The van der Waals surface area contributed by atoms with Crippen LogP contribution in [0.3, 0.4) is 0 Å². The van der Waals surface area contributed by atoms with Crippen molar-refractivity contribution in [2.75, 3.05) is 33.4 Å². The molecule has 2 fully saturated rings. The Bertz CT molecular complexity index is 562. The van der Waals surface area contributed by atoms with Crippen LogP contribution in [0.4, 0.5) is 0 Å². The van der Waals surface area contributed by atoms with Gasteiger partial charge in [0.1, 0.15) is 5.82 Å². The van der Waals surface area contributed by atoms with Crippen molar-refractivity contribution >= 4 is 17.5 Å². The number of ether oxygens (including phenoxy) is 1. The van der Waals surface area contributed by atoms with E-state index in [0.717, 1.165) is 37.3 Å². The Morgan fingerprint density at radius 3 is 3.00 bits per heavy atom. The molecule has 0 radical (unpaired) electrons. The number of carbonyl (C=O) groups excluding carboxylic acids is 1. The summed E-state index contributed by atoms with van der Waals surface area (Å²) >= 11 is 6.29. The lowest BCUT2D eigenvalue weighted by atomic mass is 10.1. The SMILES string of the molecule is CCCCc1nc(Cl)c(CN2C[C@@H]3COC[C@H](C2)N(C)C3=O)[nH]1. The summed E-state index contributed by atoms with van der Waals surface area (Å²) in [4.78, 5) is 24.3. The van der Waals surface area contributed by atoms with Gasteiger partial charge in [-0.1, -0.05) is 24.9 Å². The number of amides is 1. The van der Waals surface area contributed by atoms with Gasteiger partial charge >= 0.3 is 0 Å². The highest BCUT2D eigenvalue weighted by atomic mass is 35.5. The summed E-state index contributed by atoms with van der Waals surface area (Å²) in [5.41, 5.74) is 0.953. The third kappa shape index (κ3) is 3.70. The second-order valence-corrected chi connectivity index (χ2v) is 6.95.